The van der Waals surface area contributed by atoms with Crippen molar-refractivity contribution in [2.75, 3.05) is 32.7 Å². The standard InChI is InChI=1S/C19H30N4O2/c1-4-15-5-7-16(8-6-15)17-12-20-9-10-23(17)13-18(24)22-19(25)21-11-14(2)3/h5-8,14,17,20H,4,9-13H2,1-3H3,(H2,21,22,24,25). The van der Waals surface area contributed by atoms with E-state index in [9.17, 15) is 9.59 Å². The molecule has 1 aliphatic rings. The number of hydrogen-bond acceptors (Lipinski definition) is 4. The average Bonchev–Trinajstić information content (AvgIpc) is 2.60. The normalized spacial score (nSPS) is 18.2. The first-order valence-corrected chi connectivity index (χ1v) is 9.11. The molecule has 6 heteroatoms. The molecule has 1 saturated heterocycles. The van der Waals surface area contributed by atoms with Crippen LogP contribution in [0.2, 0.25) is 0 Å². The van der Waals surface area contributed by atoms with Gasteiger partial charge in [-0.05, 0) is 23.5 Å². The lowest BCUT2D eigenvalue weighted by Gasteiger charge is -2.36. The maximum absolute atomic E-state index is 12.2. The predicted molar refractivity (Wildman–Crippen MR) is 99.4 cm³/mol. The molecule has 0 radical (unpaired) electrons. The van der Waals surface area contributed by atoms with Gasteiger partial charge in [-0.3, -0.25) is 15.0 Å². The highest BCUT2D eigenvalue weighted by Crippen LogP contribution is 2.22. The second kappa shape index (κ2) is 9.53. The van der Waals surface area contributed by atoms with Crippen LogP contribution in [0, 0.1) is 5.92 Å². The fourth-order valence-electron chi connectivity index (χ4n) is 2.93. The summed E-state index contributed by atoms with van der Waals surface area (Å²) in [6.45, 7) is 9.36. The van der Waals surface area contributed by atoms with Crippen molar-refractivity contribution >= 4 is 11.9 Å². The third-order valence-electron chi connectivity index (χ3n) is 4.40. The van der Waals surface area contributed by atoms with Gasteiger partial charge in [0.05, 0.1) is 6.54 Å². The van der Waals surface area contributed by atoms with Crippen molar-refractivity contribution in [3.05, 3.63) is 35.4 Å². The van der Waals surface area contributed by atoms with Crippen molar-refractivity contribution in [1.82, 2.24) is 20.9 Å². The summed E-state index contributed by atoms with van der Waals surface area (Å²) in [6, 6.07) is 8.28. The van der Waals surface area contributed by atoms with E-state index < -0.39 is 6.03 Å². The molecular formula is C19H30N4O2. The van der Waals surface area contributed by atoms with Crippen molar-refractivity contribution < 1.29 is 9.59 Å². The smallest absolute Gasteiger partial charge is 0.321 e. The molecule has 0 spiro atoms. The molecular weight excluding hydrogens is 316 g/mol. The Morgan fingerprint density at radius 3 is 2.64 bits per heavy atom. The molecule has 1 aromatic rings. The molecule has 0 bridgehead atoms. The first kappa shape index (κ1) is 19.4. The molecule has 3 N–H and O–H groups in total. The van der Waals surface area contributed by atoms with E-state index in [0.717, 1.165) is 26.1 Å². The number of nitrogens with zero attached hydrogens (tertiary/aromatic N) is 1. The maximum atomic E-state index is 12.2. The van der Waals surface area contributed by atoms with E-state index in [-0.39, 0.29) is 18.5 Å². The Labute approximate surface area is 150 Å². The van der Waals surface area contributed by atoms with Crippen LogP contribution in [0.5, 0.6) is 0 Å². The highest BCUT2D eigenvalue weighted by atomic mass is 16.2. The lowest BCUT2D eigenvalue weighted by atomic mass is 10.0. The fraction of sp³-hybridized carbons (Fsp3) is 0.579. The van der Waals surface area contributed by atoms with Crippen LogP contribution in [0.1, 0.15) is 37.9 Å². The zero-order valence-electron chi connectivity index (χ0n) is 15.5. The van der Waals surface area contributed by atoms with E-state index >= 15 is 0 Å². The van der Waals surface area contributed by atoms with Crippen molar-refractivity contribution in [3.63, 3.8) is 0 Å². The summed E-state index contributed by atoms with van der Waals surface area (Å²) >= 11 is 0. The van der Waals surface area contributed by atoms with Gasteiger partial charge in [0.1, 0.15) is 0 Å². The Hall–Kier alpha value is -1.92. The van der Waals surface area contributed by atoms with Crippen molar-refractivity contribution in [2.24, 2.45) is 5.92 Å². The van der Waals surface area contributed by atoms with Crippen molar-refractivity contribution in [1.29, 1.82) is 0 Å². The largest absolute Gasteiger partial charge is 0.338 e. The molecule has 1 aliphatic heterocycles. The third-order valence-corrected chi connectivity index (χ3v) is 4.40. The highest BCUT2D eigenvalue weighted by Gasteiger charge is 2.25. The van der Waals surface area contributed by atoms with E-state index in [1.807, 2.05) is 13.8 Å². The monoisotopic (exact) mass is 346 g/mol. The minimum Gasteiger partial charge on any atom is -0.338 e. The number of benzene rings is 1. The summed E-state index contributed by atoms with van der Waals surface area (Å²) in [5.41, 5.74) is 2.50. The molecule has 3 amide bonds. The van der Waals surface area contributed by atoms with Crippen LogP contribution in [0.3, 0.4) is 0 Å². The molecule has 1 fully saturated rings. The van der Waals surface area contributed by atoms with Crippen LogP contribution in [-0.2, 0) is 11.2 Å². The molecule has 1 heterocycles. The second-order valence-corrected chi connectivity index (χ2v) is 6.94. The molecule has 1 atom stereocenters. The van der Waals surface area contributed by atoms with Gasteiger partial charge in [0.2, 0.25) is 5.91 Å². The number of amides is 3. The highest BCUT2D eigenvalue weighted by molar-refractivity contribution is 5.95. The summed E-state index contributed by atoms with van der Waals surface area (Å²) in [6.07, 6.45) is 1.01. The number of carbonyl (C=O) groups is 2. The molecule has 2 rings (SSSR count). The molecule has 1 aromatic carbocycles. The summed E-state index contributed by atoms with van der Waals surface area (Å²) in [5, 5.41) is 8.51. The van der Waals surface area contributed by atoms with Gasteiger partial charge in [-0.15, -0.1) is 0 Å². The fourth-order valence-corrected chi connectivity index (χ4v) is 2.93. The van der Waals surface area contributed by atoms with E-state index in [4.69, 9.17) is 0 Å². The predicted octanol–water partition coefficient (Wildman–Crippen LogP) is 1.68. The number of piperazine rings is 1. The lowest BCUT2D eigenvalue weighted by molar-refractivity contribution is -0.122. The van der Waals surface area contributed by atoms with Crippen LogP contribution in [0.25, 0.3) is 0 Å². The van der Waals surface area contributed by atoms with Gasteiger partial charge in [-0.2, -0.15) is 0 Å². The topological polar surface area (TPSA) is 73.5 Å². The Morgan fingerprint density at radius 1 is 1.28 bits per heavy atom. The van der Waals surface area contributed by atoms with Gasteiger partial charge in [0.15, 0.2) is 0 Å². The molecule has 25 heavy (non-hydrogen) atoms. The SMILES string of the molecule is CCc1ccc(C2CNCCN2CC(=O)NC(=O)NCC(C)C)cc1. The Morgan fingerprint density at radius 2 is 2.00 bits per heavy atom. The Bertz CT molecular complexity index is 571. The third kappa shape index (κ3) is 6.14. The van der Waals surface area contributed by atoms with Gasteiger partial charge in [-0.1, -0.05) is 45.0 Å². The summed E-state index contributed by atoms with van der Waals surface area (Å²) in [4.78, 5) is 26.1. The van der Waals surface area contributed by atoms with Crippen LogP contribution < -0.4 is 16.0 Å². The average molecular weight is 346 g/mol. The van der Waals surface area contributed by atoms with Gasteiger partial charge in [-0.25, -0.2) is 4.79 Å². The first-order chi connectivity index (χ1) is 12.0. The molecule has 1 unspecified atom stereocenters. The summed E-state index contributed by atoms with van der Waals surface area (Å²) < 4.78 is 0. The quantitative estimate of drug-likeness (QED) is 0.733. The zero-order chi connectivity index (χ0) is 18.2. The number of rotatable bonds is 6. The maximum Gasteiger partial charge on any atom is 0.321 e. The van der Waals surface area contributed by atoms with Gasteiger partial charge in [0, 0.05) is 32.2 Å². The molecule has 0 saturated carbocycles. The van der Waals surface area contributed by atoms with Crippen molar-refractivity contribution in [3.8, 4) is 0 Å². The van der Waals surface area contributed by atoms with E-state index in [1.165, 1.54) is 11.1 Å². The number of hydrogen-bond donors (Lipinski definition) is 3. The van der Waals surface area contributed by atoms with E-state index in [1.54, 1.807) is 0 Å². The van der Waals surface area contributed by atoms with Gasteiger partial charge < -0.3 is 10.6 Å². The molecule has 6 nitrogen and oxygen atoms in total. The number of nitrogens with one attached hydrogen (secondary N) is 3. The van der Waals surface area contributed by atoms with Gasteiger partial charge in [0.25, 0.3) is 0 Å². The number of urea groups is 1. The van der Waals surface area contributed by atoms with E-state index in [2.05, 4.69) is 52.0 Å². The van der Waals surface area contributed by atoms with Crippen molar-refractivity contribution in [2.45, 2.75) is 33.2 Å². The molecule has 0 aliphatic carbocycles. The molecule has 0 aromatic heterocycles. The van der Waals surface area contributed by atoms with E-state index in [0.29, 0.717) is 12.5 Å². The van der Waals surface area contributed by atoms with Crippen LogP contribution >= 0.6 is 0 Å². The number of aryl methyl sites for hydroxylation is 1. The lowest BCUT2D eigenvalue weighted by Crippen LogP contribution is -2.51. The summed E-state index contributed by atoms with van der Waals surface area (Å²) in [5.74, 6) is 0.0860. The van der Waals surface area contributed by atoms with Gasteiger partial charge >= 0.3 is 6.03 Å². The minimum atomic E-state index is -0.419. The minimum absolute atomic E-state index is 0.143. The number of imide groups is 1. The Kier molecular flexibility index (Phi) is 7.40. The van der Waals surface area contributed by atoms with Crippen LogP contribution in [-0.4, -0.2) is 49.6 Å². The second-order valence-electron chi connectivity index (χ2n) is 6.94. The number of carbonyl (C=O) groups excluding carboxylic acids is 2. The molecule has 138 valence electrons. The van der Waals surface area contributed by atoms with Crippen LogP contribution in [0.15, 0.2) is 24.3 Å². The zero-order valence-corrected chi connectivity index (χ0v) is 15.5. The summed E-state index contributed by atoms with van der Waals surface area (Å²) in [7, 11) is 0. The Balaban J connectivity index is 1.93. The first-order valence-electron chi connectivity index (χ1n) is 9.11. The van der Waals surface area contributed by atoms with Crippen LogP contribution in [0.4, 0.5) is 4.79 Å².